The zero-order chi connectivity index (χ0) is 23.1. The zero-order valence-corrected chi connectivity index (χ0v) is 17.5. The number of rotatable bonds is 6. The van der Waals surface area contributed by atoms with Crippen molar-refractivity contribution in [3.63, 3.8) is 0 Å². The van der Waals surface area contributed by atoms with Gasteiger partial charge in [0, 0.05) is 42.6 Å². The number of hydrogen-bond acceptors (Lipinski definition) is 7. The molecule has 32 heavy (non-hydrogen) atoms. The topological polar surface area (TPSA) is 133 Å². The molecule has 1 saturated heterocycles. The minimum atomic E-state index is -4.61. The number of halogens is 3. The van der Waals surface area contributed by atoms with E-state index < -0.39 is 34.2 Å². The van der Waals surface area contributed by atoms with E-state index in [-0.39, 0.29) is 18.9 Å². The highest BCUT2D eigenvalue weighted by Gasteiger charge is 2.53. The number of nitrogens with one attached hydrogen (secondary N) is 3. The van der Waals surface area contributed by atoms with Crippen LogP contribution in [0.4, 0.5) is 19.0 Å². The number of H-pyrrole nitrogens is 1. The molecule has 1 aliphatic heterocycles. The van der Waals surface area contributed by atoms with E-state index in [0.29, 0.717) is 17.0 Å². The zero-order valence-electron chi connectivity index (χ0n) is 16.6. The van der Waals surface area contributed by atoms with Gasteiger partial charge < -0.3 is 15.6 Å². The number of aromatic nitrogens is 4. The predicted molar refractivity (Wildman–Crippen MR) is 109 cm³/mol. The number of pyridine rings is 1. The number of hydrogen-bond donors (Lipinski definition) is 3. The Kier molecular flexibility index (Phi) is 5.29. The van der Waals surface area contributed by atoms with Crippen molar-refractivity contribution in [1.29, 1.82) is 0 Å². The van der Waals surface area contributed by atoms with Crippen molar-refractivity contribution in [3.05, 3.63) is 36.8 Å². The molecule has 4 heterocycles. The third-order valence-electron chi connectivity index (χ3n) is 4.96. The molecule has 1 fully saturated rings. The average molecular weight is 469 g/mol. The van der Waals surface area contributed by atoms with Crippen LogP contribution in [0.5, 0.6) is 0 Å². The standard InChI is InChI=1S/C18H18F3N7O3S/c1-32(30,31)28-9-17(10-28,16(29)25-8-18(19,20)21)27-13-4-6-23-15(26-13)12-7-24-14-11(12)3-2-5-22-14/h2-7H,8-10H2,1H3,(H,22,24)(H,25,29)(H,23,26,27). The monoisotopic (exact) mass is 469 g/mol. The number of anilines is 1. The Hall–Kier alpha value is -3.26. The summed E-state index contributed by atoms with van der Waals surface area (Å²) in [7, 11) is -3.63. The first-order valence-electron chi connectivity index (χ1n) is 9.31. The number of carbonyl (C=O) groups is 1. The third kappa shape index (κ3) is 4.36. The van der Waals surface area contributed by atoms with E-state index in [1.807, 2.05) is 11.4 Å². The Morgan fingerprint density at radius 3 is 2.69 bits per heavy atom. The lowest BCUT2D eigenvalue weighted by Crippen LogP contribution is -2.73. The normalized spacial score (nSPS) is 16.5. The van der Waals surface area contributed by atoms with E-state index in [0.717, 1.165) is 15.9 Å². The Balaban J connectivity index is 1.61. The van der Waals surface area contributed by atoms with Gasteiger partial charge in [0.25, 0.3) is 0 Å². The van der Waals surface area contributed by atoms with E-state index in [9.17, 15) is 26.4 Å². The lowest BCUT2D eigenvalue weighted by atomic mass is 9.91. The molecule has 1 aliphatic rings. The van der Waals surface area contributed by atoms with Gasteiger partial charge in [-0.3, -0.25) is 4.79 Å². The van der Waals surface area contributed by atoms with Crippen molar-refractivity contribution in [2.24, 2.45) is 0 Å². The Labute approximate surface area is 180 Å². The SMILES string of the molecule is CS(=O)(=O)N1CC(Nc2ccnc(-c3c[nH]c4ncccc34)n2)(C(=O)NCC(F)(F)F)C1. The summed E-state index contributed by atoms with van der Waals surface area (Å²) in [5, 5.41) is 5.40. The van der Waals surface area contributed by atoms with E-state index in [2.05, 4.69) is 25.3 Å². The first-order chi connectivity index (χ1) is 15.0. The largest absolute Gasteiger partial charge is 0.405 e. The molecule has 0 unspecified atom stereocenters. The lowest BCUT2D eigenvalue weighted by molar-refractivity contribution is -0.143. The van der Waals surface area contributed by atoms with Gasteiger partial charge in [-0.05, 0) is 18.2 Å². The second-order valence-electron chi connectivity index (χ2n) is 7.40. The molecule has 1 amide bonds. The highest BCUT2D eigenvalue weighted by molar-refractivity contribution is 7.88. The number of alkyl halides is 3. The number of fused-ring (bicyclic) bond motifs is 1. The van der Waals surface area contributed by atoms with Crippen LogP contribution in [0.15, 0.2) is 36.8 Å². The number of aromatic amines is 1. The predicted octanol–water partition coefficient (Wildman–Crippen LogP) is 1.12. The second kappa shape index (κ2) is 7.70. The van der Waals surface area contributed by atoms with Crippen LogP contribution in [0.3, 0.4) is 0 Å². The van der Waals surface area contributed by atoms with Crippen molar-refractivity contribution in [2.75, 3.05) is 31.2 Å². The fraction of sp³-hybridized carbons (Fsp3) is 0.333. The van der Waals surface area contributed by atoms with E-state index in [1.165, 1.54) is 12.3 Å². The van der Waals surface area contributed by atoms with Crippen LogP contribution in [-0.2, 0) is 14.8 Å². The molecular weight excluding hydrogens is 451 g/mol. The van der Waals surface area contributed by atoms with Gasteiger partial charge in [0.05, 0.1) is 6.26 Å². The molecule has 3 N–H and O–H groups in total. The maximum atomic E-state index is 12.6. The fourth-order valence-electron chi connectivity index (χ4n) is 3.36. The van der Waals surface area contributed by atoms with Crippen molar-refractivity contribution >= 4 is 32.8 Å². The van der Waals surface area contributed by atoms with Crippen molar-refractivity contribution in [1.82, 2.24) is 29.6 Å². The molecule has 0 spiro atoms. The molecule has 0 bridgehead atoms. The minimum absolute atomic E-state index is 0.156. The molecule has 0 aliphatic carbocycles. The Morgan fingerprint density at radius 2 is 2.00 bits per heavy atom. The van der Waals surface area contributed by atoms with Gasteiger partial charge in [0.1, 0.15) is 23.5 Å². The fourth-order valence-corrected chi connectivity index (χ4v) is 4.27. The van der Waals surface area contributed by atoms with Gasteiger partial charge in [-0.1, -0.05) is 0 Å². The van der Waals surface area contributed by atoms with Gasteiger partial charge in [-0.25, -0.2) is 23.4 Å². The second-order valence-corrected chi connectivity index (χ2v) is 9.39. The van der Waals surface area contributed by atoms with Gasteiger partial charge in [-0.2, -0.15) is 17.5 Å². The first-order valence-corrected chi connectivity index (χ1v) is 11.2. The smallest absolute Gasteiger partial charge is 0.354 e. The van der Waals surface area contributed by atoms with Crippen LogP contribution in [-0.4, -0.2) is 76.2 Å². The molecule has 0 aromatic carbocycles. The lowest BCUT2D eigenvalue weighted by Gasteiger charge is -2.47. The van der Waals surface area contributed by atoms with E-state index in [1.54, 1.807) is 18.5 Å². The molecule has 0 radical (unpaired) electrons. The molecular formula is C18H18F3N7O3S. The minimum Gasteiger partial charge on any atom is -0.354 e. The molecule has 170 valence electrons. The van der Waals surface area contributed by atoms with Crippen molar-refractivity contribution in [3.8, 4) is 11.4 Å². The maximum absolute atomic E-state index is 12.6. The summed E-state index contributed by atoms with van der Waals surface area (Å²) in [5.74, 6) is -0.533. The Bertz CT molecular complexity index is 1270. The summed E-state index contributed by atoms with van der Waals surface area (Å²) in [4.78, 5) is 28.4. The number of amides is 1. The van der Waals surface area contributed by atoms with Crippen LogP contribution < -0.4 is 10.6 Å². The molecule has 3 aromatic heterocycles. The molecule has 10 nitrogen and oxygen atoms in total. The van der Waals surface area contributed by atoms with Gasteiger partial charge in [-0.15, -0.1) is 0 Å². The van der Waals surface area contributed by atoms with Crippen molar-refractivity contribution in [2.45, 2.75) is 11.7 Å². The summed E-state index contributed by atoms with van der Waals surface area (Å²) in [6.07, 6.45) is 1.06. The maximum Gasteiger partial charge on any atom is 0.405 e. The van der Waals surface area contributed by atoms with Crippen LogP contribution in [0, 0.1) is 0 Å². The molecule has 4 rings (SSSR count). The van der Waals surface area contributed by atoms with Crippen LogP contribution in [0.25, 0.3) is 22.4 Å². The summed E-state index contributed by atoms with van der Waals surface area (Å²) >= 11 is 0. The summed E-state index contributed by atoms with van der Waals surface area (Å²) in [5.41, 5.74) is -0.351. The number of nitrogens with zero attached hydrogens (tertiary/aromatic N) is 4. The van der Waals surface area contributed by atoms with E-state index in [4.69, 9.17) is 0 Å². The molecule has 3 aromatic rings. The molecule has 0 saturated carbocycles. The highest BCUT2D eigenvalue weighted by atomic mass is 32.2. The quantitative estimate of drug-likeness (QED) is 0.493. The van der Waals surface area contributed by atoms with Gasteiger partial charge in [0.2, 0.25) is 15.9 Å². The Morgan fingerprint density at radius 1 is 1.25 bits per heavy atom. The molecule has 0 atom stereocenters. The van der Waals surface area contributed by atoms with Crippen molar-refractivity contribution < 1.29 is 26.4 Å². The highest BCUT2D eigenvalue weighted by Crippen LogP contribution is 2.30. The van der Waals surface area contributed by atoms with Crippen LogP contribution in [0.1, 0.15) is 0 Å². The first kappa shape index (κ1) is 22.0. The summed E-state index contributed by atoms with van der Waals surface area (Å²) in [6.45, 7) is -2.22. The van der Waals surface area contributed by atoms with Crippen LogP contribution in [0.2, 0.25) is 0 Å². The average Bonchev–Trinajstić information content (AvgIpc) is 3.11. The number of carbonyl (C=O) groups excluding carboxylic acids is 1. The number of sulfonamides is 1. The van der Waals surface area contributed by atoms with E-state index >= 15 is 0 Å². The van der Waals surface area contributed by atoms with Crippen LogP contribution >= 0.6 is 0 Å². The summed E-state index contributed by atoms with van der Waals surface area (Å²) < 4.78 is 62.3. The summed E-state index contributed by atoms with van der Waals surface area (Å²) in [6, 6.07) is 5.01. The van der Waals surface area contributed by atoms with Gasteiger partial charge in [0.15, 0.2) is 5.82 Å². The van der Waals surface area contributed by atoms with Gasteiger partial charge >= 0.3 is 6.18 Å². The molecule has 14 heteroatoms. The third-order valence-corrected chi connectivity index (χ3v) is 6.16.